The van der Waals surface area contributed by atoms with Crippen molar-refractivity contribution in [3.05, 3.63) is 40.8 Å². The van der Waals surface area contributed by atoms with Gasteiger partial charge in [-0.2, -0.15) is 0 Å². The molecule has 17 heavy (non-hydrogen) atoms. The number of carbonyl (C=O) groups is 1. The van der Waals surface area contributed by atoms with Crippen LogP contribution in [0.15, 0.2) is 23.9 Å². The number of carboxylic acid groups (broad SMARTS) is 1. The van der Waals surface area contributed by atoms with Crippen molar-refractivity contribution in [1.29, 1.82) is 5.41 Å². The zero-order chi connectivity index (χ0) is 13.2. The summed E-state index contributed by atoms with van der Waals surface area (Å²) in [5.41, 5.74) is 6.61. The van der Waals surface area contributed by atoms with Crippen molar-refractivity contribution in [3.63, 3.8) is 0 Å². The maximum Gasteiger partial charge on any atom is 0.335 e. The van der Waals surface area contributed by atoms with Crippen LogP contribution in [0.25, 0.3) is 5.57 Å². The molecular weight excluding hydrogens is 223 g/mol. The third-order valence-corrected chi connectivity index (χ3v) is 2.20. The van der Waals surface area contributed by atoms with Crippen LogP contribution in [0, 0.1) is 11.2 Å². The van der Waals surface area contributed by atoms with E-state index in [0.717, 1.165) is 12.1 Å². The predicted octanol–water partition coefficient (Wildman–Crippen LogP) is 2.25. The Balaban J connectivity index is 3.46. The SMILES string of the molecule is CC(=N)/C(=C(/C)N)c1cc(F)cc(C(=O)O)c1. The van der Waals surface area contributed by atoms with Crippen molar-refractivity contribution >= 4 is 17.3 Å². The molecule has 0 aliphatic rings. The maximum absolute atomic E-state index is 13.3. The fourth-order valence-electron chi connectivity index (χ4n) is 1.60. The van der Waals surface area contributed by atoms with Crippen LogP contribution in [-0.4, -0.2) is 16.8 Å². The number of nitrogens with one attached hydrogen (secondary N) is 1. The lowest BCUT2D eigenvalue weighted by atomic mass is 9.98. The third-order valence-electron chi connectivity index (χ3n) is 2.20. The second-order valence-corrected chi connectivity index (χ2v) is 3.72. The Kier molecular flexibility index (Phi) is 3.62. The molecule has 0 aliphatic carbocycles. The largest absolute Gasteiger partial charge is 0.478 e. The first kappa shape index (κ1) is 12.9. The van der Waals surface area contributed by atoms with E-state index in [1.165, 1.54) is 13.0 Å². The number of rotatable bonds is 3. The highest BCUT2D eigenvalue weighted by Crippen LogP contribution is 2.21. The Morgan fingerprint density at radius 3 is 2.24 bits per heavy atom. The Bertz CT molecular complexity index is 517. The summed E-state index contributed by atoms with van der Waals surface area (Å²) < 4.78 is 13.3. The van der Waals surface area contributed by atoms with Gasteiger partial charge >= 0.3 is 5.97 Å². The van der Waals surface area contributed by atoms with Crippen LogP contribution in [-0.2, 0) is 0 Å². The van der Waals surface area contributed by atoms with Gasteiger partial charge in [-0.1, -0.05) is 0 Å². The monoisotopic (exact) mass is 236 g/mol. The number of allylic oxidation sites excluding steroid dienone is 2. The predicted molar refractivity (Wildman–Crippen MR) is 63.5 cm³/mol. The van der Waals surface area contributed by atoms with Crippen LogP contribution in [0.1, 0.15) is 29.8 Å². The number of hydrogen-bond acceptors (Lipinski definition) is 3. The van der Waals surface area contributed by atoms with Crippen molar-refractivity contribution in [2.24, 2.45) is 5.73 Å². The molecule has 1 rings (SSSR count). The van der Waals surface area contributed by atoms with Crippen LogP contribution in [0.2, 0.25) is 0 Å². The topological polar surface area (TPSA) is 87.2 Å². The Hall–Kier alpha value is -2.17. The molecule has 0 saturated heterocycles. The summed E-state index contributed by atoms with van der Waals surface area (Å²) in [6.45, 7) is 3.09. The van der Waals surface area contributed by atoms with E-state index < -0.39 is 11.8 Å². The van der Waals surface area contributed by atoms with Gasteiger partial charge in [0.1, 0.15) is 5.82 Å². The van der Waals surface area contributed by atoms with Crippen molar-refractivity contribution in [2.45, 2.75) is 13.8 Å². The second kappa shape index (κ2) is 4.78. The normalized spacial score (nSPS) is 11.9. The van der Waals surface area contributed by atoms with Gasteiger partial charge in [-0.25, -0.2) is 9.18 Å². The number of carboxylic acids is 1. The first-order valence-corrected chi connectivity index (χ1v) is 4.89. The molecule has 0 aliphatic heterocycles. The average Bonchev–Trinajstić information content (AvgIpc) is 2.15. The molecule has 0 aromatic heterocycles. The number of nitrogens with two attached hydrogens (primary N) is 1. The van der Waals surface area contributed by atoms with Gasteiger partial charge < -0.3 is 16.2 Å². The highest BCUT2D eigenvalue weighted by molar-refractivity contribution is 6.22. The number of aromatic carboxylic acids is 1. The molecule has 1 aromatic carbocycles. The Morgan fingerprint density at radius 2 is 1.82 bits per heavy atom. The van der Waals surface area contributed by atoms with E-state index in [4.69, 9.17) is 16.2 Å². The summed E-state index contributed by atoms with van der Waals surface area (Å²) in [7, 11) is 0. The van der Waals surface area contributed by atoms with E-state index in [1.54, 1.807) is 6.92 Å². The quantitative estimate of drug-likeness (QED) is 0.703. The molecule has 0 amide bonds. The zero-order valence-corrected chi connectivity index (χ0v) is 9.54. The zero-order valence-electron chi connectivity index (χ0n) is 9.54. The molecule has 0 atom stereocenters. The average molecular weight is 236 g/mol. The minimum absolute atomic E-state index is 0.159. The van der Waals surface area contributed by atoms with Crippen molar-refractivity contribution < 1.29 is 14.3 Å². The van der Waals surface area contributed by atoms with Crippen LogP contribution < -0.4 is 5.73 Å². The number of halogens is 1. The number of hydrogen-bond donors (Lipinski definition) is 3. The highest BCUT2D eigenvalue weighted by Gasteiger charge is 2.12. The van der Waals surface area contributed by atoms with E-state index in [9.17, 15) is 9.18 Å². The van der Waals surface area contributed by atoms with Gasteiger partial charge in [0.2, 0.25) is 0 Å². The molecule has 4 N–H and O–H groups in total. The number of benzene rings is 1. The Morgan fingerprint density at radius 1 is 1.29 bits per heavy atom. The smallest absolute Gasteiger partial charge is 0.335 e. The standard InChI is InChI=1S/C12H13FN2O2/c1-6(14)11(7(2)15)8-3-9(12(16)17)5-10(13)4-8/h3-5,14H,15H2,1-2H3,(H,16,17)/b11-7+,14-6?. The van der Waals surface area contributed by atoms with Crippen LogP contribution in [0.4, 0.5) is 4.39 Å². The lowest BCUT2D eigenvalue weighted by Crippen LogP contribution is -2.07. The molecule has 0 unspecified atom stereocenters. The van der Waals surface area contributed by atoms with Crippen molar-refractivity contribution in [2.75, 3.05) is 0 Å². The van der Waals surface area contributed by atoms with Gasteiger partial charge in [0.05, 0.1) is 5.56 Å². The second-order valence-electron chi connectivity index (χ2n) is 3.72. The lowest BCUT2D eigenvalue weighted by Gasteiger charge is -2.09. The van der Waals surface area contributed by atoms with Gasteiger partial charge in [0.15, 0.2) is 0 Å². The van der Waals surface area contributed by atoms with E-state index in [-0.39, 0.29) is 11.3 Å². The van der Waals surface area contributed by atoms with E-state index in [1.807, 2.05) is 0 Å². The molecule has 90 valence electrons. The van der Waals surface area contributed by atoms with E-state index in [0.29, 0.717) is 16.8 Å². The van der Waals surface area contributed by atoms with E-state index in [2.05, 4.69) is 0 Å². The van der Waals surface area contributed by atoms with Crippen LogP contribution >= 0.6 is 0 Å². The molecule has 0 fully saturated rings. The van der Waals surface area contributed by atoms with Gasteiger partial charge in [-0.05, 0) is 37.6 Å². The third kappa shape index (κ3) is 2.90. The van der Waals surface area contributed by atoms with Gasteiger partial charge in [-0.15, -0.1) is 0 Å². The summed E-state index contributed by atoms with van der Waals surface area (Å²) in [4.78, 5) is 10.8. The van der Waals surface area contributed by atoms with Gasteiger partial charge in [-0.3, -0.25) is 0 Å². The summed E-state index contributed by atoms with van der Waals surface area (Å²) in [5, 5.41) is 16.4. The summed E-state index contributed by atoms with van der Waals surface area (Å²) in [6.07, 6.45) is 0. The van der Waals surface area contributed by atoms with Gasteiger partial charge in [0.25, 0.3) is 0 Å². The summed E-state index contributed by atoms with van der Waals surface area (Å²) in [5.74, 6) is -1.89. The fourth-order valence-corrected chi connectivity index (χ4v) is 1.60. The maximum atomic E-state index is 13.3. The fraction of sp³-hybridized carbons (Fsp3) is 0.167. The van der Waals surface area contributed by atoms with Crippen molar-refractivity contribution in [3.8, 4) is 0 Å². The first-order chi connectivity index (χ1) is 7.82. The first-order valence-electron chi connectivity index (χ1n) is 4.89. The minimum Gasteiger partial charge on any atom is -0.478 e. The molecule has 0 heterocycles. The summed E-state index contributed by atoms with van der Waals surface area (Å²) in [6, 6.07) is 3.39. The van der Waals surface area contributed by atoms with Gasteiger partial charge in [0, 0.05) is 17.0 Å². The molecule has 1 aromatic rings. The molecule has 4 nitrogen and oxygen atoms in total. The van der Waals surface area contributed by atoms with Crippen LogP contribution in [0.3, 0.4) is 0 Å². The Labute approximate surface area is 98.1 Å². The molecule has 0 bridgehead atoms. The molecule has 5 heteroatoms. The minimum atomic E-state index is -1.22. The lowest BCUT2D eigenvalue weighted by molar-refractivity contribution is 0.0696. The van der Waals surface area contributed by atoms with Crippen LogP contribution in [0.5, 0.6) is 0 Å². The van der Waals surface area contributed by atoms with Crippen molar-refractivity contribution in [1.82, 2.24) is 0 Å². The highest BCUT2D eigenvalue weighted by atomic mass is 19.1. The molecular formula is C12H13FN2O2. The molecule has 0 saturated carbocycles. The van der Waals surface area contributed by atoms with E-state index >= 15 is 0 Å². The summed E-state index contributed by atoms with van der Waals surface area (Å²) >= 11 is 0. The molecule has 0 spiro atoms. The molecule has 0 radical (unpaired) electrons.